The van der Waals surface area contributed by atoms with Gasteiger partial charge in [0.2, 0.25) is 12.7 Å². The Labute approximate surface area is 165 Å². The summed E-state index contributed by atoms with van der Waals surface area (Å²) >= 11 is 0. The maximum atomic E-state index is 12.7. The number of aliphatic imine (C=N–C) groups is 1. The van der Waals surface area contributed by atoms with Crippen molar-refractivity contribution < 1.29 is 22.6 Å². The zero-order chi connectivity index (χ0) is 20.9. The molecular formula is C18H21F3N6O2. The standard InChI is InChI=1S/C18H21F3N6O2/c1-22-17(27(2)10-12-3-4-13-14(9-12)29-11-28-13)25-8-7-24-16-23-6-5-15(26-16)18(19,20)21/h3-6,9H,7-8,10-11H2,1-2H3,(H,22,25)(H,23,24,26). The molecular weight excluding hydrogens is 389 g/mol. The van der Waals surface area contributed by atoms with Crippen LogP contribution in [0.4, 0.5) is 19.1 Å². The first-order valence-corrected chi connectivity index (χ1v) is 8.81. The first kappa shape index (κ1) is 20.5. The van der Waals surface area contributed by atoms with Crippen LogP contribution < -0.4 is 20.1 Å². The van der Waals surface area contributed by atoms with E-state index in [2.05, 4.69) is 25.6 Å². The minimum atomic E-state index is -4.50. The summed E-state index contributed by atoms with van der Waals surface area (Å²) in [4.78, 5) is 13.4. The number of nitrogens with zero attached hydrogens (tertiary/aromatic N) is 4. The van der Waals surface area contributed by atoms with E-state index in [0.29, 0.717) is 31.3 Å². The van der Waals surface area contributed by atoms with Crippen LogP contribution in [-0.2, 0) is 12.7 Å². The Bertz CT molecular complexity index is 875. The largest absolute Gasteiger partial charge is 0.454 e. The highest BCUT2D eigenvalue weighted by atomic mass is 19.4. The number of ether oxygens (including phenoxy) is 2. The van der Waals surface area contributed by atoms with Crippen molar-refractivity contribution >= 4 is 11.9 Å². The van der Waals surface area contributed by atoms with E-state index in [1.807, 2.05) is 30.1 Å². The van der Waals surface area contributed by atoms with Crippen LogP contribution in [0.2, 0.25) is 0 Å². The average molecular weight is 410 g/mol. The van der Waals surface area contributed by atoms with E-state index in [4.69, 9.17) is 9.47 Å². The number of fused-ring (bicyclic) bond motifs is 1. The number of aromatic nitrogens is 2. The van der Waals surface area contributed by atoms with Crippen molar-refractivity contribution in [3.63, 3.8) is 0 Å². The minimum Gasteiger partial charge on any atom is -0.454 e. The SMILES string of the molecule is CN=C(NCCNc1nccc(C(F)(F)F)n1)N(C)Cc1ccc2c(c1)OCO2. The second kappa shape index (κ2) is 8.84. The van der Waals surface area contributed by atoms with Crippen LogP contribution in [-0.4, -0.2) is 54.8 Å². The molecule has 0 aliphatic carbocycles. The zero-order valence-electron chi connectivity index (χ0n) is 16.0. The summed E-state index contributed by atoms with van der Waals surface area (Å²) in [7, 11) is 3.53. The van der Waals surface area contributed by atoms with Crippen LogP contribution in [0.3, 0.4) is 0 Å². The average Bonchev–Trinajstić information content (AvgIpc) is 3.15. The third kappa shape index (κ3) is 5.39. The Hall–Kier alpha value is -3.24. The Morgan fingerprint density at radius 2 is 2.00 bits per heavy atom. The number of rotatable bonds is 6. The van der Waals surface area contributed by atoms with Gasteiger partial charge in [0.1, 0.15) is 5.69 Å². The molecule has 11 heteroatoms. The molecule has 0 saturated heterocycles. The van der Waals surface area contributed by atoms with E-state index in [1.54, 1.807) is 7.05 Å². The summed E-state index contributed by atoms with van der Waals surface area (Å²) in [5.74, 6) is 1.99. The highest BCUT2D eigenvalue weighted by Gasteiger charge is 2.32. The lowest BCUT2D eigenvalue weighted by Gasteiger charge is -2.22. The fraction of sp³-hybridized carbons (Fsp3) is 0.389. The summed E-state index contributed by atoms with van der Waals surface area (Å²) in [5, 5.41) is 5.90. The molecule has 0 amide bonds. The van der Waals surface area contributed by atoms with Gasteiger partial charge in [-0.3, -0.25) is 4.99 Å². The number of guanidine groups is 1. The Kier molecular flexibility index (Phi) is 6.25. The Morgan fingerprint density at radius 3 is 2.76 bits per heavy atom. The van der Waals surface area contributed by atoms with Gasteiger partial charge in [-0.15, -0.1) is 0 Å². The van der Waals surface area contributed by atoms with Crippen molar-refractivity contribution in [1.82, 2.24) is 20.2 Å². The summed E-state index contributed by atoms with van der Waals surface area (Å²) in [6, 6.07) is 6.56. The van der Waals surface area contributed by atoms with Gasteiger partial charge in [0.05, 0.1) is 0 Å². The third-order valence-electron chi connectivity index (χ3n) is 4.07. The maximum Gasteiger partial charge on any atom is 0.433 e. The van der Waals surface area contributed by atoms with Gasteiger partial charge in [-0.1, -0.05) is 6.07 Å². The smallest absolute Gasteiger partial charge is 0.433 e. The number of anilines is 1. The van der Waals surface area contributed by atoms with Crippen LogP contribution in [0, 0.1) is 0 Å². The number of hydrogen-bond acceptors (Lipinski definition) is 6. The van der Waals surface area contributed by atoms with Crippen LogP contribution in [0.5, 0.6) is 11.5 Å². The highest BCUT2D eigenvalue weighted by molar-refractivity contribution is 5.79. The second-order valence-corrected chi connectivity index (χ2v) is 6.21. The molecule has 0 bridgehead atoms. The van der Waals surface area contributed by atoms with Gasteiger partial charge >= 0.3 is 6.18 Å². The molecule has 1 aliphatic rings. The number of halogens is 3. The summed E-state index contributed by atoms with van der Waals surface area (Å²) in [6.07, 6.45) is -3.43. The van der Waals surface area contributed by atoms with Crippen LogP contribution in [0.25, 0.3) is 0 Å². The molecule has 1 aromatic heterocycles. The monoisotopic (exact) mass is 410 g/mol. The molecule has 2 heterocycles. The Balaban J connectivity index is 1.48. The highest BCUT2D eigenvalue weighted by Crippen LogP contribution is 2.32. The van der Waals surface area contributed by atoms with E-state index < -0.39 is 11.9 Å². The molecule has 3 rings (SSSR count). The molecule has 0 spiro atoms. The van der Waals surface area contributed by atoms with Gasteiger partial charge in [0.15, 0.2) is 17.5 Å². The number of nitrogens with one attached hydrogen (secondary N) is 2. The number of hydrogen-bond donors (Lipinski definition) is 2. The molecule has 156 valence electrons. The molecule has 0 unspecified atom stereocenters. The summed E-state index contributed by atoms with van der Waals surface area (Å²) in [6.45, 7) is 1.54. The van der Waals surface area contributed by atoms with E-state index >= 15 is 0 Å². The fourth-order valence-corrected chi connectivity index (χ4v) is 2.72. The molecule has 0 fully saturated rings. The van der Waals surface area contributed by atoms with Gasteiger partial charge in [-0.2, -0.15) is 13.2 Å². The lowest BCUT2D eigenvalue weighted by molar-refractivity contribution is -0.141. The van der Waals surface area contributed by atoms with Gasteiger partial charge in [-0.25, -0.2) is 9.97 Å². The third-order valence-corrected chi connectivity index (χ3v) is 4.07. The number of benzene rings is 1. The summed E-state index contributed by atoms with van der Waals surface area (Å²) < 4.78 is 48.7. The molecule has 0 saturated carbocycles. The fourth-order valence-electron chi connectivity index (χ4n) is 2.72. The van der Waals surface area contributed by atoms with Crippen molar-refractivity contribution in [2.45, 2.75) is 12.7 Å². The first-order chi connectivity index (χ1) is 13.9. The van der Waals surface area contributed by atoms with Crippen molar-refractivity contribution in [2.75, 3.05) is 39.3 Å². The van der Waals surface area contributed by atoms with Gasteiger partial charge in [-0.05, 0) is 23.8 Å². The minimum absolute atomic E-state index is 0.0784. The maximum absolute atomic E-state index is 12.7. The normalized spacial score (nSPS) is 13.3. The van der Waals surface area contributed by atoms with Gasteiger partial charge < -0.3 is 25.0 Å². The van der Waals surface area contributed by atoms with Crippen LogP contribution in [0.15, 0.2) is 35.5 Å². The van der Waals surface area contributed by atoms with Crippen molar-refractivity contribution in [3.8, 4) is 11.5 Å². The predicted molar refractivity (Wildman–Crippen MR) is 101 cm³/mol. The molecule has 2 aromatic rings. The lowest BCUT2D eigenvalue weighted by atomic mass is 10.2. The first-order valence-electron chi connectivity index (χ1n) is 8.81. The molecule has 0 radical (unpaired) electrons. The molecule has 0 atom stereocenters. The van der Waals surface area contributed by atoms with E-state index in [9.17, 15) is 13.2 Å². The van der Waals surface area contributed by atoms with Crippen molar-refractivity contribution in [2.24, 2.45) is 4.99 Å². The molecule has 1 aromatic carbocycles. The van der Waals surface area contributed by atoms with E-state index in [1.165, 1.54) is 0 Å². The number of alkyl halides is 3. The van der Waals surface area contributed by atoms with Crippen molar-refractivity contribution in [1.29, 1.82) is 0 Å². The van der Waals surface area contributed by atoms with Crippen molar-refractivity contribution in [3.05, 3.63) is 41.7 Å². The quantitative estimate of drug-likeness (QED) is 0.430. The Morgan fingerprint density at radius 1 is 1.21 bits per heavy atom. The topological polar surface area (TPSA) is 83.9 Å². The second-order valence-electron chi connectivity index (χ2n) is 6.21. The van der Waals surface area contributed by atoms with Crippen LogP contribution >= 0.6 is 0 Å². The molecule has 1 aliphatic heterocycles. The molecule has 29 heavy (non-hydrogen) atoms. The zero-order valence-corrected chi connectivity index (χ0v) is 16.0. The molecule has 8 nitrogen and oxygen atoms in total. The van der Waals surface area contributed by atoms with Gasteiger partial charge in [0.25, 0.3) is 0 Å². The van der Waals surface area contributed by atoms with Crippen LogP contribution in [0.1, 0.15) is 11.3 Å². The van der Waals surface area contributed by atoms with E-state index in [-0.39, 0.29) is 12.7 Å². The summed E-state index contributed by atoms with van der Waals surface area (Å²) in [5.41, 5.74) is 0.0393. The van der Waals surface area contributed by atoms with Gasteiger partial charge in [0, 0.05) is 39.9 Å². The predicted octanol–water partition coefficient (Wildman–Crippen LogP) is 2.34. The van der Waals surface area contributed by atoms with E-state index in [0.717, 1.165) is 23.6 Å². The molecule has 2 N–H and O–H groups in total. The lowest BCUT2D eigenvalue weighted by Crippen LogP contribution is -2.40.